The second kappa shape index (κ2) is 12.6. The standard InChI is InChI=1S/C23H30N4O2.C6H8O7/c1-25(2)22(28)18(14-26-11-5-10-24-26)15-27-19-8-9-20(27)13-23(12-19)21-7-4-3-6-17(21)16-29-23;7-3(8)1-6(13,5(11)12)2-4(9)10/h3-7,10-11,18-20H,8-9,12-16H2,1-2H3;13H,1-2H2,(H,7,8)(H,9,10)(H,11,12). The molecule has 3 atom stereocenters. The molecule has 0 saturated carbocycles. The van der Waals surface area contributed by atoms with E-state index < -0.39 is 36.4 Å². The van der Waals surface area contributed by atoms with Crippen molar-refractivity contribution in [2.45, 2.75) is 75.0 Å². The lowest BCUT2D eigenvalue weighted by Crippen LogP contribution is -2.52. The number of hydrogen-bond acceptors (Lipinski definition) is 8. The molecule has 0 aliphatic carbocycles. The van der Waals surface area contributed by atoms with Crippen LogP contribution in [0.5, 0.6) is 0 Å². The Bertz CT molecular complexity index is 1270. The highest BCUT2D eigenvalue weighted by Crippen LogP contribution is 2.52. The van der Waals surface area contributed by atoms with Gasteiger partial charge in [0.25, 0.3) is 0 Å². The van der Waals surface area contributed by atoms with Crippen LogP contribution in [0.3, 0.4) is 0 Å². The molecule has 13 nitrogen and oxygen atoms in total. The predicted octanol–water partition coefficient (Wildman–Crippen LogP) is 1.39. The van der Waals surface area contributed by atoms with Crippen LogP contribution in [0.2, 0.25) is 0 Å². The Morgan fingerprint density at radius 2 is 1.64 bits per heavy atom. The molecule has 0 radical (unpaired) electrons. The van der Waals surface area contributed by atoms with Gasteiger partial charge in [-0.1, -0.05) is 24.3 Å². The molecule has 4 N–H and O–H groups in total. The molecule has 3 aliphatic rings. The summed E-state index contributed by atoms with van der Waals surface area (Å²) < 4.78 is 8.33. The molecule has 1 spiro atoms. The summed E-state index contributed by atoms with van der Waals surface area (Å²) in [5.41, 5.74) is -0.117. The van der Waals surface area contributed by atoms with Gasteiger partial charge in [0.05, 0.1) is 37.5 Å². The van der Waals surface area contributed by atoms with Crippen molar-refractivity contribution in [3.8, 4) is 0 Å². The second-order valence-electron chi connectivity index (χ2n) is 11.6. The molecule has 1 amide bonds. The molecule has 2 saturated heterocycles. The van der Waals surface area contributed by atoms with Gasteiger partial charge in [0.1, 0.15) is 0 Å². The van der Waals surface area contributed by atoms with E-state index >= 15 is 0 Å². The minimum Gasteiger partial charge on any atom is -0.481 e. The third-order valence-corrected chi connectivity index (χ3v) is 8.39. The Morgan fingerprint density at radius 1 is 1.02 bits per heavy atom. The number of ether oxygens (including phenoxy) is 1. The van der Waals surface area contributed by atoms with Crippen molar-refractivity contribution in [2.75, 3.05) is 20.6 Å². The van der Waals surface area contributed by atoms with Gasteiger partial charge in [-0.15, -0.1) is 0 Å². The van der Waals surface area contributed by atoms with Crippen LogP contribution >= 0.6 is 0 Å². The van der Waals surface area contributed by atoms with Gasteiger partial charge in [0.2, 0.25) is 5.91 Å². The summed E-state index contributed by atoms with van der Waals surface area (Å²) >= 11 is 0. The number of fused-ring (bicyclic) bond motifs is 4. The minimum absolute atomic E-state index is 0.0844. The Morgan fingerprint density at radius 3 is 2.17 bits per heavy atom. The van der Waals surface area contributed by atoms with E-state index in [-0.39, 0.29) is 17.4 Å². The summed E-state index contributed by atoms with van der Waals surface area (Å²) in [4.78, 5) is 47.7. The molecule has 4 heterocycles. The number of carboxylic acid groups (broad SMARTS) is 3. The average Bonchev–Trinajstić information content (AvgIpc) is 3.61. The van der Waals surface area contributed by atoms with E-state index in [4.69, 9.17) is 25.2 Å². The van der Waals surface area contributed by atoms with Crippen LogP contribution < -0.4 is 0 Å². The highest BCUT2D eigenvalue weighted by Gasteiger charge is 2.53. The fourth-order valence-corrected chi connectivity index (χ4v) is 6.50. The Kier molecular flexibility index (Phi) is 9.34. The van der Waals surface area contributed by atoms with Gasteiger partial charge < -0.3 is 30.1 Å². The molecule has 13 heteroatoms. The highest BCUT2D eigenvalue weighted by molar-refractivity contribution is 5.88. The normalized spacial score (nSPS) is 23.5. The maximum atomic E-state index is 12.9. The smallest absolute Gasteiger partial charge is 0.336 e. The molecular weight excluding hydrogens is 548 g/mol. The largest absolute Gasteiger partial charge is 0.481 e. The molecule has 3 aliphatic heterocycles. The number of carbonyl (C=O) groups is 4. The summed E-state index contributed by atoms with van der Waals surface area (Å²) in [5, 5.41) is 38.1. The third-order valence-electron chi connectivity index (χ3n) is 8.39. The van der Waals surface area contributed by atoms with E-state index in [1.165, 1.54) is 24.0 Å². The summed E-state index contributed by atoms with van der Waals surface area (Å²) in [6.45, 7) is 2.16. The Hall–Kier alpha value is -3.81. The summed E-state index contributed by atoms with van der Waals surface area (Å²) in [7, 11) is 3.70. The molecule has 228 valence electrons. The summed E-state index contributed by atoms with van der Waals surface area (Å²) in [6, 6.07) is 11.6. The number of aliphatic carboxylic acids is 3. The highest BCUT2D eigenvalue weighted by atomic mass is 16.5. The first kappa shape index (κ1) is 31.1. The number of rotatable bonds is 10. The molecule has 2 fully saturated rings. The fraction of sp³-hybridized carbons (Fsp3) is 0.552. The summed E-state index contributed by atoms with van der Waals surface area (Å²) in [5.74, 6) is -4.92. The number of nitrogens with zero attached hydrogens (tertiary/aromatic N) is 4. The first-order valence-corrected chi connectivity index (χ1v) is 13.9. The SMILES string of the molecule is CN(C)C(=O)C(CN1C2CCC1CC1(C2)OCc2ccccc21)Cn1cccn1.O=C(O)CC(O)(CC(=O)O)C(=O)O. The molecule has 2 bridgehead atoms. The number of benzene rings is 1. The lowest BCUT2D eigenvalue weighted by Gasteiger charge is -2.45. The zero-order valence-corrected chi connectivity index (χ0v) is 23.8. The molecule has 42 heavy (non-hydrogen) atoms. The van der Waals surface area contributed by atoms with E-state index in [1.807, 2.05) is 31.0 Å². The number of amides is 1. The minimum atomic E-state index is -2.74. The molecule has 2 aromatic rings. The first-order valence-electron chi connectivity index (χ1n) is 13.9. The van der Waals surface area contributed by atoms with Crippen LogP contribution in [0.25, 0.3) is 0 Å². The van der Waals surface area contributed by atoms with Crippen molar-refractivity contribution in [1.29, 1.82) is 0 Å². The average molecular weight is 587 g/mol. The van der Waals surface area contributed by atoms with Gasteiger partial charge in [0.15, 0.2) is 5.60 Å². The topological polar surface area (TPSA) is 183 Å². The maximum Gasteiger partial charge on any atom is 0.336 e. The fourth-order valence-electron chi connectivity index (χ4n) is 6.50. The van der Waals surface area contributed by atoms with Crippen molar-refractivity contribution in [1.82, 2.24) is 19.6 Å². The third kappa shape index (κ3) is 6.80. The van der Waals surface area contributed by atoms with Gasteiger partial charge >= 0.3 is 17.9 Å². The monoisotopic (exact) mass is 586 g/mol. The molecule has 3 unspecified atom stereocenters. The van der Waals surface area contributed by atoms with Crippen molar-refractivity contribution in [3.05, 3.63) is 53.9 Å². The van der Waals surface area contributed by atoms with Gasteiger partial charge in [-0.3, -0.25) is 24.0 Å². The van der Waals surface area contributed by atoms with Crippen LogP contribution in [0.15, 0.2) is 42.7 Å². The van der Waals surface area contributed by atoms with E-state index in [0.717, 1.165) is 26.0 Å². The maximum absolute atomic E-state index is 12.9. The van der Waals surface area contributed by atoms with Gasteiger partial charge in [0, 0.05) is 45.1 Å². The lowest BCUT2D eigenvalue weighted by molar-refractivity contribution is -0.170. The van der Waals surface area contributed by atoms with Gasteiger partial charge in [-0.2, -0.15) is 5.10 Å². The van der Waals surface area contributed by atoms with Gasteiger partial charge in [-0.05, 0) is 42.9 Å². The van der Waals surface area contributed by atoms with E-state index in [9.17, 15) is 19.2 Å². The van der Waals surface area contributed by atoms with Crippen molar-refractivity contribution in [3.63, 3.8) is 0 Å². The van der Waals surface area contributed by atoms with Crippen molar-refractivity contribution in [2.24, 2.45) is 5.92 Å². The number of carboxylic acids is 3. The van der Waals surface area contributed by atoms with Crippen LogP contribution in [-0.4, -0.2) is 102 Å². The zero-order chi connectivity index (χ0) is 30.7. The first-order chi connectivity index (χ1) is 19.8. The van der Waals surface area contributed by atoms with Crippen LogP contribution in [0.1, 0.15) is 49.7 Å². The molecule has 1 aromatic carbocycles. The number of aromatic nitrogens is 2. The zero-order valence-electron chi connectivity index (χ0n) is 23.8. The van der Waals surface area contributed by atoms with Gasteiger partial charge in [-0.25, -0.2) is 4.79 Å². The molecule has 5 rings (SSSR count). The number of carbonyl (C=O) groups excluding carboxylic acids is 1. The van der Waals surface area contributed by atoms with Crippen molar-refractivity contribution < 1.29 is 44.3 Å². The van der Waals surface area contributed by atoms with Crippen molar-refractivity contribution >= 4 is 23.8 Å². The number of piperidine rings is 1. The second-order valence-corrected chi connectivity index (χ2v) is 11.6. The molecule has 1 aromatic heterocycles. The quantitative estimate of drug-likeness (QED) is 0.316. The van der Waals surface area contributed by atoms with Crippen LogP contribution in [0.4, 0.5) is 0 Å². The Balaban J connectivity index is 0.000000266. The van der Waals surface area contributed by atoms with Crippen LogP contribution in [-0.2, 0) is 42.7 Å². The number of hydrogen-bond donors (Lipinski definition) is 4. The molecular formula is C29H38N4O9. The Labute approximate surface area is 243 Å². The number of aliphatic hydroxyl groups is 1. The predicted molar refractivity (Wildman–Crippen MR) is 147 cm³/mol. The lowest BCUT2D eigenvalue weighted by atomic mass is 9.80. The van der Waals surface area contributed by atoms with E-state index in [1.54, 1.807) is 11.1 Å². The summed E-state index contributed by atoms with van der Waals surface area (Å²) in [6.07, 6.45) is 5.89. The van der Waals surface area contributed by atoms with Crippen LogP contribution in [0, 0.1) is 5.92 Å². The van der Waals surface area contributed by atoms with E-state index in [2.05, 4.69) is 34.3 Å². The van der Waals surface area contributed by atoms with E-state index in [0.29, 0.717) is 18.6 Å².